The van der Waals surface area contributed by atoms with Crippen molar-refractivity contribution >= 4 is 39.2 Å². The van der Waals surface area contributed by atoms with Crippen LogP contribution in [0.3, 0.4) is 0 Å². The van der Waals surface area contributed by atoms with Gasteiger partial charge in [-0.05, 0) is 68.8 Å². The third-order valence-electron chi connectivity index (χ3n) is 4.11. The minimum atomic E-state index is -4.02. The zero-order valence-electron chi connectivity index (χ0n) is 17.8. The topological polar surface area (TPSA) is 111 Å². The number of amides is 1. The fraction of sp³-hybridized carbons (Fsp3) is 0.333. The van der Waals surface area contributed by atoms with E-state index in [4.69, 9.17) is 21.1 Å². The number of ether oxygens (including phenoxy) is 2. The molecule has 0 aliphatic carbocycles. The Bertz CT molecular complexity index is 1070. The van der Waals surface area contributed by atoms with Crippen molar-refractivity contribution in [1.29, 1.82) is 0 Å². The van der Waals surface area contributed by atoms with Gasteiger partial charge in [0.1, 0.15) is 17.1 Å². The summed E-state index contributed by atoms with van der Waals surface area (Å²) < 4.78 is 50.8. The monoisotopic (exact) mass is 486 g/mol. The summed E-state index contributed by atoms with van der Waals surface area (Å²) in [5, 5.41) is 2.70. The zero-order valence-corrected chi connectivity index (χ0v) is 19.3. The van der Waals surface area contributed by atoms with Crippen LogP contribution in [0.4, 0.5) is 10.1 Å². The summed E-state index contributed by atoms with van der Waals surface area (Å²) in [4.78, 5) is 24.0. The van der Waals surface area contributed by atoms with Gasteiger partial charge in [0.05, 0.1) is 12.4 Å². The lowest BCUT2D eigenvalue weighted by atomic mass is 10.1. The molecule has 0 fully saturated rings. The standard InChI is InChI=1S/C21H24ClFN2O6S/c1-4-30-19(26)12-31-17-8-6-16(7-9-17)24-20(27)21(2,3)25-32(28,29)13-14-11-15(23)5-10-18(14)22/h5-11,25H,4,12-13H2,1-3H3,(H,24,27). The van der Waals surface area contributed by atoms with Crippen LogP contribution in [0.25, 0.3) is 0 Å². The molecule has 0 aliphatic heterocycles. The lowest BCUT2D eigenvalue weighted by Crippen LogP contribution is -2.52. The van der Waals surface area contributed by atoms with Crippen molar-refractivity contribution in [3.05, 3.63) is 58.9 Å². The Labute approximate surface area is 191 Å². The van der Waals surface area contributed by atoms with Crippen LogP contribution in [-0.4, -0.2) is 39.0 Å². The molecular weight excluding hydrogens is 463 g/mol. The minimum Gasteiger partial charge on any atom is -0.482 e. The van der Waals surface area contributed by atoms with Crippen molar-refractivity contribution in [2.24, 2.45) is 0 Å². The Kier molecular flexibility index (Phi) is 8.59. The molecule has 11 heteroatoms. The van der Waals surface area contributed by atoms with Gasteiger partial charge in [-0.25, -0.2) is 17.6 Å². The molecular formula is C21H24ClFN2O6S. The number of benzene rings is 2. The van der Waals surface area contributed by atoms with Gasteiger partial charge in [0.15, 0.2) is 6.61 Å². The highest BCUT2D eigenvalue weighted by atomic mass is 35.5. The van der Waals surface area contributed by atoms with Gasteiger partial charge in [-0.2, -0.15) is 4.72 Å². The molecule has 0 radical (unpaired) electrons. The van der Waals surface area contributed by atoms with E-state index in [2.05, 4.69) is 10.0 Å². The fourth-order valence-electron chi connectivity index (χ4n) is 2.60. The van der Waals surface area contributed by atoms with Crippen molar-refractivity contribution in [2.45, 2.75) is 32.1 Å². The second kappa shape index (κ2) is 10.8. The van der Waals surface area contributed by atoms with Crippen molar-refractivity contribution < 1.29 is 31.9 Å². The predicted octanol–water partition coefficient (Wildman–Crippen LogP) is 3.26. The molecule has 8 nitrogen and oxygen atoms in total. The maximum Gasteiger partial charge on any atom is 0.344 e. The second-order valence-electron chi connectivity index (χ2n) is 7.29. The van der Waals surface area contributed by atoms with E-state index >= 15 is 0 Å². The molecule has 0 unspecified atom stereocenters. The Morgan fingerprint density at radius 1 is 1.12 bits per heavy atom. The first-order valence-corrected chi connectivity index (χ1v) is 11.6. The third-order valence-corrected chi connectivity index (χ3v) is 5.99. The number of carbonyl (C=O) groups is 2. The second-order valence-corrected chi connectivity index (χ2v) is 9.42. The molecule has 2 aromatic rings. The molecule has 0 aliphatic rings. The van der Waals surface area contributed by atoms with E-state index in [0.29, 0.717) is 11.4 Å². The summed E-state index contributed by atoms with van der Waals surface area (Å²) in [7, 11) is -4.02. The molecule has 0 bridgehead atoms. The van der Waals surface area contributed by atoms with E-state index in [-0.39, 0.29) is 23.8 Å². The summed E-state index contributed by atoms with van der Waals surface area (Å²) in [6.07, 6.45) is 0. The van der Waals surface area contributed by atoms with Crippen LogP contribution in [0.5, 0.6) is 5.75 Å². The Hall–Kier alpha value is -2.69. The molecule has 174 valence electrons. The average Bonchev–Trinajstić information content (AvgIpc) is 2.69. The summed E-state index contributed by atoms with van der Waals surface area (Å²) >= 11 is 5.94. The maximum absolute atomic E-state index is 13.4. The normalized spacial score (nSPS) is 11.7. The van der Waals surface area contributed by atoms with E-state index in [1.165, 1.54) is 44.2 Å². The molecule has 2 N–H and O–H groups in total. The van der Waals surface area contributed by atoms with Gasteiger partial charge < -0.3 is 14.8 Å². The Morgan fingerprint density at radius 2 is 1.78 bits per heavy atom. The van der Waals surface area contributed by atoms with E-state index < -0.39 is 39.0 Å². The van der Waals surface area contributed by atoms with Crippen LogP contribution in [0.2, 0.25) is 5.02 Å². The van der Waals surface area contributed by atoms with E-state index in [9.17, 15) is 22.4 Å². The molecule has 2 aromatic carbocycles. The van der Waals surface area contributed by atoms with Gasteiger partial charge in [0, 0.05) is 10.7 Å². The van der Waals surface area contributed by atoms with Gasteiger partial charge in [-0.15, -0.1) is 0 Å². The van der Waals surface area contributed by atoms with Crippen molar-refractivity contribution in [2.75, 3.05) is 18.5 Å². The first-order chi connectivity index (χ1) is 14.9. The van der Waals surface area contributed by atoms with Crippen LogP contribution in [0.1, 0.15) is 26.3 Å². The molecule has 1 amide bonds. The third kappa shape index (κ3) is 7.77. The van der Waals surface area contributed by atoms with Gasteiger partial charge in [-0.3, -0.25) is 4.79 Å². The zero-order chi connectivity index (χ0) is 23.9. The van der Waals surface area contributed by atoms with Crippen molar-refractivity contribution in [1.82, 2.24) is 4.72 Å². The van der Waals surface area contributed by atoms with Gasteiger partial charge >= 0.3 is 5.97 Å². The summed E-state index contributed by atoms with van der Waals surface area (Å²) in [6.45, 7) is 4.48. The van der Waals surface area contributed by atoms with E-state index in [0.717, 1.165) is 12.1 Å². The lowest BCUT2D eigenvalue weighted by Gasteiger charge is -2.25. The molecule has 0 aromatic heterocycles. The van der Waals surface area contributed by atoms with Gasteiger partial charge in [0.2, 0.25) is 15.9 Å². The number of esters is 1. The quantitative estimate of drug-likeness (QED) is 0.499. The van der Waals surface area contributed by atoms with Crippen LogP contribution >= 0.6 is 11.6 Å². The smallest absolute Gasteiger partial charge is 0.344 e. The lowest BCUT2D eigenvalue weighted by molar-refractivity contribution is -0.145. The highest BCUT2D eigenvalue weighted by Crippen LogP contribution is 2.21. The van der Waals surface area contributed by atoms with Crippen molar-refractivity contribution in [3.63, 3.8) is 0 Å². The molecule has 2 rings (SSSR count). The highest BCUT2D eigenvalue weighted by molar-refractivity contribution is 7.88. The van der Waals surface area contributed by atoms with E-state index in [1.807, 2.05) is 0 Å². The molecule has 0 spiro atoms. The fourth-order valence-corrected chi connectivity index (χ4v) is 4.45. The number of halogens is 2. The predicted molar refractivity (Wildman–Crippen MR) is 118 cm³/mol. The molecule has 0 atom stereocenters. The minimum absolute atomic E-state index is 0.0776. The Morgan fingerprint density at radius 3 is 2.41 bits per heavy atom. The summed E-state index contributed by atoms with van der Waals surface area (Å²) in [5.74, 6) is -1.94. The van der Waals surface area contributed by atoms with Crippen LogP contribution in [-0.2, 0) is 30.1 Å². The summed E-state index contributed by atoms with van der Waals surface area (Å²) in [5.41, 5.74) is -1.05. The van der Waals surface area contributed by atoms with Crippen LogP contribution in [0.15, 0.2) is 42.5 Å². The number of hydrogen-bond acceptors (Lipinski definition) is 6. The van der Waals surface area contributed by atoms with Crippen molar-refractivity contribution in [3.8, 4) is 5.75 Å². The number of carbonyl (C=O) groups excluding carboxylic acids is 2. The highest BCUT2D eigenvalue weighted by Gasteiger charge is 2.33. The molecule has 0 saturated carbocycles. The number of anilines is 1. The van der Waals surface area contributed by atoms with Gasteiger partial charge in [0.25, 0.3) is 0 Å². The number of hydrogen-bond donors (Lipinski definition) is 2. The molecule has 32 heavy (non-hydrogen) atoms. The number of nitrogens with one attached hydrogen (secondary N) is 2. The molecule has 0 heterocycles. The van der Waals surface area contributed by atoms with Gasteiger partial charge in [-0.1, -0.05) is 11.6 Å². The maximum atomic E-state index is 13.4. The first-order valence-electron chi connectivity index (χ1n) is 9.57. The summed E-state index contributed by atoms with van der Waals surface area (Å²) in [6, 6.07) is 9.57. The molecule has 0 saturated heterocycles. The van der Waals surface area contributed by atoms with Crippen LogP contribution in [0, 0.1) is 5.82 Å². The van der Waals surface area contributed by atoms with Crippen LogP contribution < -0.4 is 14.8 Å². The Balaban J connectivity index is 1.99. The average molecular weight is 487 g/mol. The SMILES string of the molecule is CCOC(=O)COc1ccc(NC(=O)C(C)(C)NS(=O)(=O)Cc2cc(F)ccc2Cl)cc1. The van der Waals surface area contributed by atoms with E-state index in [1.54, 1.807) is 6.92 Å². The number of sulfonamides is 1. The largest absolute Gasteiger partial charge is 0.482 e. The number of rotatable bonds is 10. The first kappa shape index (κ1) is 25.6.